The summed E-state index contributed by atoms with van der Waals surface area (Å²) >= 11 is 5.68. The lowest BCUT2D eigenvalue weighted by Crippen LogP contribution is -2.39. The molecule has 0 aliphatic heterocycles. The van der Waals surface area contributed by atoms with Crippen LogP contribution in [0, 0.1) is 5.82 Å². The number of aliphatic hydroxyl groups is 1. The zero-order valence-electron chi connectivity index (χ0n) is 8.92. The molecule has 2 atom stereocenters. The highest BCUT2D eigenvalue weighted by Crippen LogP contribution is 2.38. The second kappa shape index (κ2) is 4.32. The van der Waals surface area contributed by atoms with Gasteiger partial charge >= 0.3 is 0 Å². The van der Waals surface area contributed by atoms with E-state index in [1.54, 1.807) is 12.1 Å². The van der Waals surface area contributed by atoms with Crippen LogP contribution in [0.15, 0.2) is 18.2 Å². The quantitative estimate of drug-likeness (QED) is 0.796. The van der Waals surface area contributed by atoms with Crippen molar-refractivity contribution in [3.05, 3.63) is 34.6 Å². The van der Waals surface area contributed by atoms with E-state index in [2.05, 4.69) is 0 Å². The van der Waals surface area contributed by atoms with E-state index in [-0.39, 0.29) is 6.04 Å². The van der Waals surface area contributed by atoms with Crippen LogP contribution < -0.4 is 5.73 Å². The number of nitrogens with two attached hydrogens (primary N) is 1. The molecule has 3 N–H and O–H groups in total. The van der Waals surface area contributed by atoms with Gasteiger partial charge in [0, 0.05) is 16.6 Å². The lowest BCUT2D eigenvalue weighted by molar-refractivity contribution is -0.0101. The predicted octanol–water partition coefficient (Wildman–Crippen LogP) is 2.57. The number of hydrogen-bond acceptors (Lipinski definition) is 2. The lowest BCUT2D eigenvalue weighted by Gasteiger charge is -2.36. The summed E-state index contributed by atoms with van der Waals surface area (Å²) in [6, 6.07) is 4.32. The van der Waals surface area contributed by atoms with Crippen LogP contribution in [-0.4, -0.2) is 11.1 Å². The van der Waals surface area contributed by atoms with Crippen molar-refractivity contribution in [2.75, 3.05) is 0 Å². The molecule has 4 heteroatoms. The van der Waals surface area contributed by atoms with E-state index < -0.39 is 11.4 Å². The van der Waals surface area contributed by atoms with Crippen LogP contribution in [0.2, 0.25) is 5.02 Å². The Morgan fingerprint density at radius 3 is 2.88 bits per heavy atom. The van der Waals surface area contributed by atoms with Crippen molar-refractivity contribution in [3.8, 4) is 0 Å². The fourth-order valence-electron chi connectivity index (χ4n) is 2.41. The summed E-state index contributed by atoms with van der Waals surface area (Å²) in [5.41, 5.74) is 5.00. The molecule has 88 valence electrons. The summed E-state index contributed by atoms with van der Waals surface area (Å²) in [4.78, 5) is 0. The smallest absolute Gasteiger partial charge is 0.130 e. The Hall–Kier alpha value is -0.640. The average Bonchev–Trinajstić information content (AvgIpc) is 2.16. The first-order chi connectivity index (χ1) is 7.51. The number of benzene rings is 1. The van der Waals surface area contributed by atoms with Crippen LogP contribution in [0.4, 0.5) is 4.39 Å². The zero-order chi connectivity index (χ0) is 11.8. The molecule has 0 bridgehead atoms. The third kappa shape index (κ3) is 2.21. The van der Waals surface area contributed by atoms with Crippen LogP contribution in [0.1, 0.15) is 31.2 Å². The minimum atomic E-state index is -1.13. The molecule has 0 saturated heterocycles. The highest BCUT2D eigenvalue weighted by atomic mass is 35.5. The summed E-state index contributed by atoms with van der Waals surface area (Å²) in [6.07, 6.45) is 2.67. The summed E-state index contributed by atoms with van der Waals surface area (Å²) in [6.45, 7) is 0. The lowest BCUT2D eigenvalue weighted by atomic mass is 9.77. The maximum absolute atomic E-state index is 13.7. The van der Waals surface area contributed by atoms with Crippen LogP contribution in [0.5, 0.6) is 0 Å². The maximum Gasteiger partial charge on any atom is 0.130 e. The maximum atomic E-state index is 13.7. The van der Waals surface area contributed by atoms with E-state index in [0.29, 0.717) is 23.4 Å². The molecule has 0 heterocycles. The van der Waals surface area contributed by atoms with Gasteiger partial charge in [0.25, 0.3) is 0 Å². The molecule has 2 nitrogen and oxygen atoms in total. The molecule has 0 radical (unpaired) electrons. The standard InChI is InChI=1S/C12H15ClFNO/c13-8-3-4-10(11(14)6-8)12(16)5-1-2-9(15)7-12/h3-4,6,9,16H,1-2,5,7,15H2. The van der Waals surface area contributed by atoms with Gasteiger partial charge in [0.1, 0.15) is 5.82 Å². The topological polar surface area (TPSA) is 46.2 Å². The van der Waals surface area contributed by atoms with Gasteiger partial charge in [-0.15, -0.1) is 0 Å². The highest BCUT2D eigenvalue weighted by molar-refractivity contribution is 6.30. The number of hydrogen-bond donors (Lipinski definition) is 2. The van der Waals surface area contributed by atoms with Crippen LogP contribution in [-0.2, 0) is 5.60 Å². The van der Waals surface area contributed by atoms with E-state index in [9.17, 15) is 9.50 Å². The summed E-state index contributed by atoms with van der Waals surface area (Å²) in [5, 5.41) is 10.8. The zero-order valence-corrected chi connectivity index (χ0v) is 9.67. The number of halogens is 2. The monoisotopic (exact) mass is 243 g/mol. The van der Waals surface area contributed by atoms with Gasteiger partial charge in [-0.25, -0.2) is 4.39 Å². The Balaban J connectivity index is 2.34. The molecular formula is C12H15ClFNO. The fraction of sp³-hybridized carbons (Fsp3) is 0.500. The molecule has 16 heavy (non-hydrogen) atoms. The summed E-state index contributed by atoms with van der Waals surface area (Å²) in [5.74, 6) is -0.455. The molecule has 2 unspecified atom stereocenters. The SMILES string of the molecule is NC1CCCC(O)(c2ccc(Cl)cc2F)C1. The van der Waals surface area contributed by atoms with Crippen molar-refractivity contribution in [2.45, 2.75) is 37.3 Å². The van der Waals surface area contributed by atoms with Crippen molar-refractivity contribution in [3.63, 3.8) is 0 Å². The van der Waals surface area contributed by atoms with E-state index in [1.165, 1.54) is 6.07 Å². The molecule has 1 aromatic carbocycles. The first kappa shape index (κ1) is 11.8. The van der Waals surface area contributed by atoms with Gasteiger partial charge in [-0.3, -0.25) is 0 Å². The third-order valence-corrected chi connectivity index (χ3v) is 3.43. The first-order valence-electron chi connectivity index (χ1n) is 5.45. The Morgan fingerprint density at radius 2 is 2.25 bits per heavy atom. The molecular weight excluding hydrogens is 229 g/mol. The van der Waals surface area contributed by atoms with Gasteiger partial charge < -0.3 is 10.8 Å². The van der Waals surface area contributed by atoms with Crippen molar-refractivity contribution in [1.29, 1.82) is 0 Å². The molecule has 1 aliphatic rings. The molecule has 1 aliphatic carbocycles. The molecule has 1 aromatic rings. The van der Waals surface area contributed by atoms with E-state index in [4.69, 9.17) is 17.3 Å². The van der Waals surface area contributed by atoms with Crippen LogP contribution >= 0.6 is 11.6 Å². The minimum Gasteiger partial charge on any atom is -0.385 e. The van der Waals surface area contributed by atoms with E-state index >= 15 is 0 Å². The largest absolute Gasteiger partial charge is 0.385 e. The van der Waals surface area contributed by atoms with Gasteiger partial charge in [0.2, 0.25) is 0 Å². The van der Waals surface area contributed by atoms with Crippen molar-refractivity contribution in [1.82, 2.24) is 0 Å². The van der Waals surface area contributed by atoms with Crippen molar-refractivity contribution < 1.29 is 9.50 Å². The van der Waals surface area contributed by atoms with Gasteiger partial charge in [-0.2, -0.15) is 0 Å². The average molecular weight is 244 g/mol. The Morgan fingerprint density at radius 1 is 1.50 bits per heavy atom. The number of rotatable bonds is 1. The highest BCUT2D eigenvalue weighted by Gasteiger charge is 2.36. The Labute approximate surface area is 99.2 Å². The second-order valence-corrected chi connectivity index (χ2v) is 4.95. The second-order valence-electron chi connectivity index (χ2n) is 4.51. The van der Waals surface area contributed by atoms with Crippen LogP contribution in [0.3, 0.4) is 0 Å². The molecule has 0 spiro atoms. The van der Waals surface area contributed by atoms with Crippen molar-refractivity contribution >= 4 is 11.6 Å². The fourth-order valence-corrected chi connectivity index (χ4v) is 2.56. The molecule has 1 saturated carbocycles. The van der Waals surface area contributed by atoms with E-state index in [1.807, 2.05) is 0 Å². The Bertz CT molecular complexity index is 399. The van der Waals surface area contributed by atoms with Crippen LogP contribution in [0.25, 0.3) is 0 Å². The predicted molar refractivity (Wildman–Crippen MR) is 61.8 cm³/mol. The van der Waals surface area contributed by atoms with Gasteiger partial charge in [-0.05, 0) is 37.8 Å². The van der Waals surface area contributed by atoms with Gasteiger partial charge in [-0.1, -0.05) is 17.7 Å². The third-order valence-electron chi connectivity index (χ3n) is 3.20. The summed E-state index contributed by atoms with van der Waals surface area (Å²) < 4.78 is 13.7. The minimum absolute atomic E-state index is 0.0613. The summed E-state index contributed by atoms with van der Waals surface area (Å²) in [7, 11) is 0. The van der Waals surface area contributed by atoms with Gasteiger partial charge in [0.05, 0.1) is 5.60 Å². The molecule has 2 rings (SSSR count). The molecule has 1 fully saturated rings. The van der Waals surface area contributed by atoms with E-state index in [0.717, 1.165) is 12.8 Å². The van der Waals surface area contributed by atoms with Gasteiger partial charge in [0.15, 0.2) is 0 Å². The van der Waals surface area contributed by atoms with Crippen molar-refractivity contribution in [2.24, 2.45) is 5.73 Å². The first-order valence-corrected chi connectivity index (χ1v) is 5.82. The molecule has 0 amide bonds. The molecule has 0 aromatic heterocycles. The normalized spacial score (nSPS) is 30.4. The Kier molecular flexibility index (Phi) is 3.19.